The number of benzene rings is 1. The number of thioether (sulfide) groups is 1. The van der Waals surface area contributed by atoms with Gasteiger partial charge in [0.2, 0.25) is 0 Å². The highest BCUT2D eigenvalue weighted by atomic mass is 35.5. The Hall–Kier alpha value is -0.880. The highest BCUT2D eigenvalue weighted by Crippen LogP contribution is 2.40. The molecule has 0 radical (unpaired) electrons. The predicted octanol–water partition coefficient (Wildman–Crippen LogP) is 4.57. The first-order valence-electron chi connectivity index (χ1n) is 5.41. The van der Waals surface area contributed by atoms with Crippen molar-refractivity contribution in [2.75, 3.05) is 6.61 Å². The summed E-state index contributed by atoms with van der Waals surface area (Å²) in [6.07, 6.45) is 0. The first-order valence-corrected chi connectivity index (χ1v) is 6.67. The number of ether oxygens (including phenoxy) is 1. The third-order valence-corrected chi connectivity index (χ3v) is 3.41. The molecule has 7 heteroatoms. The molecule has 1 rings (SSSR count). The third kappa shape index (κ3) is 4.95. The molecule has 19 heavy (non-hydrogen) atoms. The summed E-state index contributed by atoms with van der Waals surface area (Å²) in [6, 6.07) is 3.90. The van der Waals surface area contributed by atoms with E-state index < -0.39 is 10.9 Å². The van der Waals surface area contributed by atoms with Crippen molar-refractivity contribution in [3.05, 3.63) is 23.8 Å². The lowest BCUT2D eigenvalue weighted by atomic mass is 10.1. The molecule has 0 heterocycles. The zero-order valence-corrected chi connectivity index (χ0v) is 11.8. The molecule has 0 fully saturated rings. The summed E-state index contributed by atoms with van der Waals surface area (Å²) in [5.41, 5.74) is -3.99. The highest BCUT2D eigenvalue weighted by molar-refractivity contribution is 8.00. The van der Waals surface area contributed by atoms with Crippen LogP contribution >= 0.6 is 23.4 Å². The van der Waals surface area contributed by atoms with Gasteiger partial charge in [0.05, 0.1) is 6.61 Å². The van der Waals surface area contributed by atoms with Crippen molar-refractivity contribution in [1.29, 1.82) is 0 Å². The first-order chi connectivity index (χ1) is 8.74. The summed E-state index contributed by atoms with van der Waals surface area (Å²) in [5.74, 6) is -0.0919. The van der Waals surface area contributed by atoms with Crippen molar-refractivity contribution < 1.29 is 22.7 Å². The smallest absolute Gasteiger partial charge is 0.446 e. The minimum atomic E-state index is -4.37. The minimum absolute atomic E-state index is 0.00730. The number of ketones is 1. The van der Waals surface area contributed by atoms with Crippen LogP contribution in [0.3, 0.4) is 0 Å². The van der Waals surface area contributed by atoms with E-state index in [0.29, 0.717) is 5.56 Å². The van der Waals surface area contributed by atoms with Crippen LogP contribution in [-0.4, -0.2) is 17.9 Å². The Morgan fingerprint density at radius 1 is 1.47 bits per heavy atom. The molecule has 0 amide bonds. The molecule has 0 aliphatic rings. The Kier molecular flexibility index (Phi) is 5.55. The zero-order chi connectivity index (χ0) is 14.6. The van der Waals surface area contributed by atoms with Gasteiger partial charge >= 0.3 is 5.51 Å². The monoisotopic (exact) mass is 312 g/mol. The molecular weight excluding hydrogens is 301 g/mol. The molecule has 0 aliphatic heterocycles. The van der Waals surface area contributed by atoms with E-state index in [2.05, 4.69) is 0 Å². The number of hydrogen-bond donors (Lipinski definition) is 0. The van der Waals surface area contributed by atoms with Gasteiger partial charge in [-0.25, -0.2) is 0 Å². The maximum atomic E-state index is 12.3. The molecule has 0 saturated heterocycles. The molecule has 0 spiro atoms. The topological polar surface area (TPSA) is 26.3 Å². The van der Waals surface area contributed by atoms with Gasteiger partial charge in [0.15, 0.2) is 5.78 Å². The van der Waals surface area contributed by atoms with Gasteiger partial charge in [-0.3, -0.25) is 4.79 Å². The average Bonchev–Trinajstić information content (AvgIpc) is 2.26. The van der Waals surface area contributed by atoms with Crippen molar-refractivity contribution >= 4 is 29.1 Å². The van der Waals surface area contributed by atoms with Crippen molar-refractivity contribution in [2.24, 2.45) is 0 Å². The second-order valence-electron chi connectivity index (χ2n) is 3.65. The van der Waals surface area contributed by atoms with E-state index in [4.69, 9.17) is 16.3 Å². The second-order valence-corrected chi connectivity index (χ2v) is 5.23. The molecule has 0 saturated carbocycles. The van der Waals surface area contributed by atoms with E-state index in [-0.39, 0.29) is 34.8 Å². The molecule has 1 aromatic rings. The van der Waals surface area contributed by atoms with Gasteiger partial charge in [0, 0.05) is 10.5 Å². The fraction of sp³-hybridized carbons (Fsp3) is 0.417. The number of halogens is 4. The van der Waals surface area contributed by atoms with Crippen molar-refractivity contribution in [3.63, 3.8) is 0 Å². The first kappa shape index (κ1) is 16.2. The Morgan fingerprint density at radius 3 is 2.58 bits per heavy atom. The molecule has 0 aromatic heterocycles. The van der Waals surface area contributed by atoms with Crippen LogP contribution < -0.4 is 4.74 Å². The van der Waals surface area contributed by atoms with E-state index in [1.54, 1.807) is 6.92 Å². The lowest BCUT2D eigenvalue weighted by molar-refractivity contribution is -0.116. The second kappa shape index (κ2) is 6.52. The Balaban J connectivity index is 3.10. The maximum Gasteiger partial charge on any atom is 0.446 e. The van der Waals surface area contributed by atoms with Crippen LogP contribution in [0.25, 0.3) is 0 Å². The number of carbonyl (C=O) groups excluding carboxylic acids is 1. The molecule has 0 N–H and O–H groups in total. The third-order valence-electron chi connectivity index (χ3n) is 2.15. The molecule has 1 aromatic carbocycles. The molecular formula is C12H12ClF3O2S. The van der Waals surface area contributed by atoms with E-state index in [0.717, 1.165) is 0 Å². The molecule has 106 valence electrons. The number of carbonyl (C=O) groups is 1. The largest absolute Gasteiger partial charge is 0.493 e. The van der Waals surface area contributed by atoms with E-state index in [9.17, 15) is 18.0 Å². The Labute approximate surface area is 118 Å². The van der Waals surface area contributed by atoms with Gasteiger partial charge in [-0.05, 0) is 37.7 Å². The lowest BCUT2D eigenvalue weighted by Crippen LogP contribution is -2.06. The summed E-state index contributed by atoms with van der Waals surface area (Å²) in [6.45, 7) is 3.28. The van der Waals surface area contributed by atoms with Crippen LogP contribution in [-0.2, 0) is 4.79 Å². The van der Waals surface area contributed by atoms with Crippen LogP contribution in [0.2, 0.25) is 0 Å². The van der Waals surface area contributed by atoms with E-state index in [1.165, 1.54) is 25.1 Å². The Bertz CT molecular complexity index is 463. The summed E-state index contributed by atoms with van der Waals surface area (Å²) >= 11 is 5.67. The highest BCUT2D eigenvalue weighted by Gasteiger charge is 2.30. The quantitative estimate of drug-likeness (QED) is 0.588. The molecule has 0 bridgehead atoms. The minimum Gasteiger partial charge on any atom is -0.493 e. The fourth-order valence-corrected chi connectivity index (χ4v) is 2.17. The van der Waals surface area contributed by atoms with Crippen molar-refractivity contribution in [1.82, 2.24) is 0 Å². The van der Waals surface area contributed by atoms with Crippen molar-refractivity contribution in [3.8, 4) is 5.75 Å². The maximum absolute atomic E-state index is 12.3. The number of alkyl halides is 4. The average molecular weight is 313 g/mol. The van der Waals surface area contributed by atoms with Gasteiger partial charge in [-0.2, -0.15) is 13.2 Å². The predicted molar refractivity (Wildman–Crippen MR) is 68.8 cm³/mol. The Morgan fingerprint density at radius 2 is 2.11 bits per heavy atom. The van der Waals surface area contributed by atoms with Gasteiger partial charge in [0.25, 0.3) is 0 Å². The SMILES string of the molecule is CCOc1cc(SC(F)(F)F)ccc1C(Cl)C(C)=O. The van der Waals surface area contributed by atoms with E-state index >= 15 is 0 Å². The molecule has 0 aliphatic carbocycles. The van der Waals surface area contributed by atoms with Crippen LogP contribution in [0, 0.1) is 0 Å². The van der Waals surface area contributed by atoms with Crippen LogP contribution in [0.4, 0.5) is 13.2 Å². The van der Waals surface area contributed by atoms with Gasteiger partial charge in [-0.15, -0.1) is 11.6 Å². The zero-order valence-electron chi connectivity index (χ0n) is 10.3. The van der Waals surface area contributed by atoms with Gasteiger partial charge in [-0.1, -0.05) is 6.07 Å². The van der Waals surface area contributed by atoms with Crippen LogP contribution in [0.5, 0.6) is 5.75 Å². The van der Waals surface area contributed by atoms with Gasteiger partial charge < -0.3 is 4.74 Å². The normalized spacial score (nSPS) is 13.2. The molecule has 1 atom stereocenters. The number of rotatable bonds is 5. The number of Topliss-reactive ketones (excluding diaryl/α,β-unsaturated/α-hetero) is 1. The van der Waals surface area contributed by atoms with E-state index in [1.807, 2.05) is 0 Å². The summed E-state index contributed by atoms with van der Waals surface area (Å²) < 4.78 is 42.1. The summed E-state index contributed by atoms with van der Waals surface area (Å²) in [4.78, 5) is 11.2. The molecule has 2 nitrogen and oxygen atoms in total. The van der Waals surface area contributed by atoms with Crippen molar-refractivity contribution in [2.45, 2.75) is 29.6 Å². The van der Waals surface area contributed by atoms with Crippen LogP contribution in [0.15, 0.2) is 23.1 Å². The standard InChI is InChI=1S/C12H12ClF3O2S/c1-3-18-10-6-8(19-12(14,15)16)4-5-9(10)11(13)7(2)17/h4-6,11H,3H2,1-2H3. The summed E-state index contributed by atoms with van der Waals surface area (Å²) in [7, 11) is 0. The van der Waals surface area contributed by atoms with Crippen LogP contribution in [0.1, 0.15) is 24.8 Å². The molecule has 1 unspecified atom stereocenters. The fourth-order valence-electron chi connectivity index (χ4n) is 1.42. The van der Waals surface area contributed by atoms with Gasteiger partial charge in [0.1, 0.15) is 11.1 Å². The number of hydrogen-bond acceptors (Lipinski definition) is 3. The summed E-state index contributed by atoms with van der Waals surface area (Å²) in [5, 5.41) is -0.925. The lowest BCUT2D eigenvalue weighted by Gasteiger charge is -2.15.